The first-order valence-electron chi connectivity index (χ1n) is 4.15. The van der Waals surface area contributed by atoms with Crippen LogP contribution in [0.15, 0.2) is 0 Å². The van der Waals surface area contributed by atoms with Crippen molar-refractivity contribution in [2.45, 2.75) is 33.1 Å². The molecule has 1 rings (SSSR count). The lowest BCUT2D eigenvalue weighted by molar-refractivity contribution is 0.0867. The maximum Gasteiger partial charge on any atom is 0.153 e. The molecule has 0 aromatic carbocycles. The van der Waals surface area contributed by atoms with Crippen LogP contribution < -0.4 is 0 Å². The van der Waals surface area contributed by atoms with E-state index in [0.717, 1.165) is 25.2 Å². The molecule has 0 heterocycles. The van der Waals surface area contributed by atoms with Crippen LogP contribution >= 0.6 is 0 Å². The molecule has 66 valence electrons. The minimum Gasteiger partial charge on any atom is -0.306 e. The fraction of sp³-hybridized carbons (Fsp3) is 1.00. The zero-order chi connectivity index (χ0) is 8.48. The number of hydrogen-bond donors (Lipinski definition) is 1. The Morgan fingerprint density at radius 3 is 2.45 bits per heavy atom. The molecule has 3 heteroatoms. The largest absolute Gasteiger partial charge is 0.306 e. The summed E-state index contributed by atoms with van der Waals surface area (Å²) in [5.74, 6) is 1.24. The highest BCUT2D eigenvalue weighted by Crippen LogP contribution is 2.48. The maximum atomic E-state index is 10.6. The van der Waals surface area contributed by atoms with E-state index in [0.29, 0.717) is 5.75 Å². The van der Waals surface area contributed by atoms with Crippen molar-refractivity contribution in [2.75, 3.05) is 5.75 Å². The van der Waals surface area contributed by atoms with E-state index in [4.69, 9.17) is 4.55 Å². The molecule has 0 aliphatic heterocycles. The quantitative estimate of drug-likeness (QED) is 0.668. The predicted octanol–water partition coefficient (Wildman–Crippen LogP) is 2.03. The van der Waals surface area contributed by atoms with Crippen LogP contribution in [0, 0.1) is 11.3 Å². The van der Waals surface area contributed by atoms with E-state index in [1.54, 1.807) is 0 Å². The molecule has 0 aromatic rings. The van der Waals surface area contributed by atoms with E-state index >= 15 is 0 Å². The summed E-state index contributed by atoms with van der Waals surface area (Å²) in [6.07, 6.45) is 3.31. The van der Waals surface area contributed by atoms with Gasteiger partial charge in [0.2, 0.25) is 0 Å². The molecular weight excluding hydrogens is 160 g/mol. The van der Waals surface area contributed by atoms with Crippen LogP contribution in [-0.4, -0.2) is 14.5 Å². The SMILES string of the molecule is CCC1(CS(=O)O)CC(C)C1. The van der Waals surface area contributed by atoms with Gasteiger partial charge in [0.1, 0.15) is 0 Å². The Balaban J connectivity index is 2.44. The van der Waals surface area contributed by atoms with E-state index < -0.39 is 11.1 Å². The Hall–Kier alpha value is 0.110. The Kier molecular flexibility index (Phi) is 2.70. The average molecular weight is 176 g/mol. The molecule has 0 bridgehead atoms. The molecule has 1 saturated carbocycles. The Morgan fingerprint density at radius 1 is 1.64 bits per heavy atom. The molecule has 1 aliphatic carbocycles. The van der Waals surface area contributed by atoms with Gasteiger partial charge >= 0.3 is 0 Å². The van der Waals surface area contributed by atoms with Crippen molar-refractivity contribution in [3.05, 3.63) is 0 Å². The van der Waals surface area contributed by atoms with Crippen LogP contribution in [0.2, 0.25) is 0 Å². The monoisotopic (exact) mass is 176 g/mol. The van der Waals surface area contributed by atoms with Crippen molar-refractivity contribution in [2.24, 2.45) is 11.3 Å². The lowest BCUT2D eigenvalue weighted by atomic mass is 9.62. The highest BCUT2D eigenvalue weighted by molar-refractivity contribution is 7.79. The summed E-state index contributed by atoms with van der Waals surface area (Å²) in [7, 11) is 0. The molecule has 0 radical (unpaired) electrons. The third kappa shape index (κ3) is 2.03. The molecule has 1 N–H and O–H groups in total. The molecule has 0 amide bonds. The minimum absolute atomic E-state index is 0.207. The molecule has 0 spiro atoms. The Morgan fingerprint density at radius 2 is 2.18 bits per heavy atom. The zero-order valence-corrected chi connectivity index (χ0v) is 7.99. The fourth-order valence-corrected chi connectivity index (χ4v) is 3.15. The second kappa shape index (κ2) is 3.23. The van der Waals surface area contributed by atoms with E-state index in [9.17, 15) is 4.21 Å². The van der Waals surface area contributed by atoms with Crippen molar-refractivity contribution in [3.8, 4) is 0 Å². The average Bonchev–Trinajstić information content (AvgIpc) is 1.82. The van der Waals surface area contributed by atoms with E-state index in [-0.39, 0.29) is 5.41 Å². The van der Waals surface area contributed by atoms with Crippen LogP contribution in [0.4, 0.5) is 0 Å². The molecule has 11 heavy (non-hydrogen) atoms. The second-order valence-electron chi connectivity index (χ2n) is 3.83. The van der Waals surface area contributed by atoms with Gasteiger partial charge in [0.15, 0.2) is 11.1 Å². The van der Waals surface area contributed by atoms with E-state index in [2.05, 4.69) is 13.8 Å². The van der Waals surface area contributed by atoms with Crippen LogP contribution in [0.25, 0.3) is 0 Å². The van der Waals surface area contributed by atoms with Crippen molar-refractivity contribution in [3.63, 3.8) is 0 Å². The van der Waals surface area contributed by atoms with Gasteiger partial charge < -0.3 is 4.55 Å². The van der Waals surface area contributed by atoms with Crippen molar-refractivity contribution in [1.82, 2.24) is 0 Å². The third-order valence-corrected chi connectivity index (χ3v) is 3.60. The van der Waals surface area contributed by atoms with Gasteiger partial charge in [-0.3, -0.25) is 0 Å². The molecule has 1 aliphatic rings. The fourth-order valence-electron chi connectivity index (χ4n) is 2.19. The third-order valence-electron chi connectivity index (χ3n) is 2.74. The van der Waals surface area contributed by atoms with Gasteiger partial charge in [-0.15, -0.1) is 0 Å². The van der Waals surface area contributed by atoms with Crippen molar-refractivity contribution >= 4 is 11.1 Å². The Labute approximate surface area is 70.7 Å². The normalized spacial score (nSPS) is 39.7. The van der Waals surface area contributed by atoms with Gasteiger partial charge in [0.05, 0.1) is 5.75 Å². The van der Waals surface area contributed by atoms with Crippen LogP contribution in [0.1, 0.15) is 33.1 Å². The molecule has 1 unspecified atom stereocenters. The van der Waals surface area contributed by atoms with Crippen LogP contribution in [0.3, 0.4) is 0 Å². The maximum absolute atomic E-state index is 10.6. The second-order valence-corrected chi connectivity index (χ2v) is 4.76. The van der Waals surface area contributed by atoms with Gasteiger partial charge in [-0.25, -0.2) is 4.21 Å². The molecule has 2 nitrogen and oxygen atoms in total. The van der Waals surface area contributed by atoms with Crippen LogP contribution in [0.5, 0.6) is 0 Å². The lowest BCUT2D eigenvalue weighted by Gasteiger charge is -2.45. The first-order valence-corrected chi connectivity index (χ1v) is 5.43. The highest BCUT2D eigenvalue weighted by atomic mass is 32.2. The van der Waals surface area contributed by atoms with E-state index in [1.807, 2.05) is 0 Å². The number of hydrogen-bond acceptors (Lipinski definition) is 1. The summed E-state index contributed by atoms with van der Waals surface area (Å²) in [5, 5.41) is 0. The summed E-state index contributed by atoms with van der Waals surface area (Å²) in [4.78, 5) is 0. The van der Waals surface area contributed by atoms with Gasteiger partial charge in [-0.2, -0.15) is 0 Å². The van der Waals surface area contributed by atoms with Crippen molar-refractivity contribution in [1.29, 1.82) is 0 Å². The summed E-state index contributed by atoms with van der Waals surface area (Å²) in [6, 6.07) is 0. The molecule has 1 atom stereocenters. The zero-order valence-electron chi connectivity index (χ0n) is 7.17. The first-order chi connectivity index (χ1) is 5.08. The van der Waals surface area contributed by atoms with Gasteiger partial charge in [-0.05, 0) is 30.6 Å². The Bertz CT molecular complexity index is 161. The summed E-state index contributed by atoms with van der Waals surface area (Å²) < 4.78 is 19.3. The molecule has 1 fully saturated rings. The van der Waals surface area contributed by atoms with Gasteiger partial charge in [-0.1, -0.05) is 13.8 Å². The summed E-state index contributed by atoms with van der Waals surface area (Å²) in [6.45, 7) is 4.31. The number of rotatable bonds is 3. The summed E-state index contributed by atoms with van der Waals surface area (Å²) >= 11 is -1.60. The standard InChI is InChI=1S/C8H16O2S/c1-3-8(6-11(9)10)4-7(2)5-8/h7H,3-6H2,1-2H3,(H,9,10). The van der Waals surface area contributed by atoms with Gasteiger partial charge in [0, 0.05) is 0 Å². The van der Waals surface area contributed by atoms with E-state index in [1.165, 1.54) is 0 Å². The predicted molar refractivity (Wildman–Crippen MR) is 46.8 cm³/mol. The van der Waals surface area contributed by atoms with Crippen LogP contribution in [-0.2, 0) is 11.1 Å². The molecular formula is C8H16O2S. The molecule has 0 saturated heterocycles. The highest BCUT2D eigenvalue weighted by Gasteiger charge is 2.41. The first kappa shape index (κ1) is 9.20. The topological polar surface area (TPSA) is 37.3 Å². The lowest BCUT2D eigenvalue weighted by Crippen LogP contribution is -2.39. The van der Waals surface area contributed by atoms with Gasteiger partial charge in [0.25, 0.3) is 0 Å². The smallest absolute Gasteiger partial charge is 0.153 e. The molecule has 0 aromatic heterocycles. The van der Waals surface area contributed by atoms with Crippen molar-refractivity contribution < 1.29 is 8.76 Å². The summed E-state index contributed by atoms with van der Waals surface area (Å²) in [5.41, 5.74) is 0.207. The minimum atomic E-state index is -1.60.